The van der Waals surface area contributed by atoms with Crippen LogP contribution in [-0.4, -0.2) is 20.8 Å². The Morgan fingerprint density at radius 2 is 2.12 bits per heavy atom. The molecule has 0 aliphatic rings. The van der Waals surface area contributed by atoms with Crippen molar-refractivity contribution in [3.63, 3.8) is 0 Å². The van der Waals surface area contributed by atoms with E-state index in [1.165, 1.54) is 0 Å². The average molecular weight is 256 g/mol. The van der Waals surface area contributed by atoms with Crippen molar-refractivity contribution in [3.05, 3.63) is 29.3 Å². The molecular weight excluding hydrogens is 240 g/mol. The zero-order valence-electron chi connectivity index (χ0n) is 9.74. The number of benzene rings is 1. The van der Waals surface area contributed by atoms with Gasteiger partial charge in [0.1, 0.15) is 5.84 Å². The Labute approximate surface area is 101 Å². The topological polar surface area (TPSA) is 108 Å². The van der Waals surface area contributed by atoms with Gasteiger partial charge in [-0.05, 0) is 18.6 Å². The van der Waals surface area contributed by atoms with Crippen molar-refractivity contribution in [1.82, 2.24) is 4.72 Å². The van der Waals surface area contributed by atoms with Gasteiger partial charge in [-0.3, -0.25) is 10.1 Å². The summed E-state index contributed by atoms with van der Waals surface area (Å²) in [4.78, 5) is 0. The maximum atomic E-state index is 11.6. The van der Waals surface area contributed by atoms with E-state index in [2.05, 4.69) is 9.44 Å². The largest absolute Gasteiger partial charge is 0.384 e. The zero-order chi connectivity index (χ0) is 13.1. The SMILES string of the molecule is CCNS(=O)(=O)Nc1cccc(C)c1C(=N)N. The number of rotatable bonds is 5. The first-order valence-corrected chi connectivity index (χ1v) is 6.57. The Bertz CT molecular complexity index is 525. The van der Waals surface area contributed by atoms with Gasteiger partial charge in [0, 0.05) is 12.1 Å². The minimum absolute atomic E-state index is 0.169. The monoisotopic (exact) mass is 256 g/mol. The lowest BCUT2D eigenvalue weighted by atomic mass is 10.1. The smallest absolute Gasteiger partial charge is 0.299 e. The minimum Gasteiger partial charge on any atom is -0.384 e. The minimum atomic E-state index is -3.61. The third-order valence-corrected chi connectivity index (χ3v) is 3.28. The van der Waals surface area contributed by atoms with Gasteiger partial charge in [0.25, 0.3) is 10.2 Å². The van der Waals surface area contributed by atoms with Gasteiger partial charge in [0.05, 0.1) is 5.69 Å². The van der Waals surface area contributed by atoms with Crippen molar-refractivity contribution in [1.29, 1.82) is 5.41 Å². The first-order valence-electron chi connectivity index (χ1n) is 5.08. The number of aryl methyl sites for hydroxylation is 1. The van der Waals surface area contributed by atoms with E-state index < -0.39 is 10.2 Å². The van der Waals surface area contributed by atoms with Crippen molar-refractivity contribution in [2.75, 3.05) is 11.3 Å². The molecular formula is C10H16N4O2S. The Morgan fingerprint density at radius 1 is 1.47 bits per heavy atom. The first-order chi connectivity index (χ1) is 7.87. The highest BCUT2D eigenvalue weighted by molar-refractivity contribution is 7.90. The van der Waals surface area contributed by atoms with Crippen LogP contribution in [0.25, 0.3) is 0 Å². The molecule has 0 saturated carbocycles. The summed E-state index contributed by atoms with van der Waals surface area (Å²) in [6.07, 6.45) is 0. The summed E-state index contributed by atoms with van der Waals surface area (Å²) in [5.74, 6) is -0.169. The fraction of sp³-hybridized carbons (Fsp3) is 0.300. The number of hydrogen-bond acceptors (Lipinski definition) is 3. The number of nitrogen functional groups attached to an aromatic ring is 1. The molecule has 1 aromatic rings. The van der Waals surface area contributed by atoms with Gasteiger partial charge in [0.15, 0.2) is 0 Å². The highest BCUT2D eigenvalue weighted by Crippen LogP contribution is 2.19. The normalized spacial score (nSPS) is 11.2. The highest BCUT2D eigenvalue weighted by Gasteiger charge is 2.14. The molecule has 1 rings (SSSR count). The number of hydrogen-bond donors (Lipinski definition) is 4. The summed E-state index contributed by atoms with van der Waals surface area (Å²) in [5.41, 5.74) is 6.88. The zero-order valence-corrected chi connectivity index (χ0v) is 10.6. The third kappa shape index (κ3) is 3.43. The molecule has 0 unspecified atom stereocenters. The summed E-state index contributed by atoms with van der Waals surface area (Å²) in [7, 11) is -3.61. The molecule has 0 atom stereocenters. The lowest BCUT2D eigenvalue weighted by Gasteiger charge is -2.13. The van der Waals surface area contributed by atoms with Crippen molar-refractivity contribution in [3.8, 4) is 0 Å². The van der Waals surface area contributed by atoms with E-state index in [0.717, 1.165) is 5.56 Å². The molecule has 0 spiro atoms. The molecule has 6 nitrogen and oxygen atoms in total. The van der Waals surface area contributed by atoms with Crippen LogP contribution < -0.4 is 15.2 Å². The lowest BCUT2D eigenvalue weighted by molar-refractivity contribution is 0.589. The fourth-order valence-corrected chi connectivity index (χ4v) is 2.39. The molecule has 0 aromatic heterocycles. The molecule has 1 aromatic carbocycles. The van der Waals surface area contributed by atoms with Crippen LogP contribution in [-0.2, 0) is 10.2 Å². The van der Waals surface area contributed by atoms with Crippen LogP contribution in [0.2, 0.25) is 0 Å². The second kappa shape index (κ2) is 5.15. The molecule has 0 saturated heterocycles. The van der Waals surface area contributed by atoms with Crippen molar-refractivity contribution >= 4 is 21.7 Å². The van der Waals surface area contributed by atoms with Crippen molar-refractivity contribution < 1.29 is 8.42 Å². The first kappa shape index (κ1) is 13.5. The molecule has 0 aliphatic heterocycles. The third-order valence-electron chi connectivity index (χ3n) is 2.12. The van der Waals surface area contributed by atoms with Crippen LogP contribution in [0.15, 0.2) is 18.2 Å². The molecule has 0 radical (unpaired) electrons. The van der Waals surface area contributed by atoms with Crippen LogP contribution in [0.1, 0.15) is 18.1 Å². The average Bonchev–Trinajstić information content (AvgIpc) is 2.15. The second-order valence-corrected chi connectivity index (χ2v) is 5.01. The van der Waals surface area contributed by atoms with Crippen LogP contribution >= 0.6 is 0 Å². The van der Waals surface area contributed by atoms with E-state index >= 15 is 0 Å². The summed E-state index contributed by atoms with van der Waals surface area (Å²) in [6.45, 7) is 3.74. The molecule has 0 heterocycles. The van der Waals surface area contributed by atoms with Gasteiger partial charge in [-0.1, -0.05) is 19.1 Å². The van der Waals surface area contributed by atoms with Gasteiger partial charge in [0.2, 0.25) is 0 Å². The fourth-order valence-electron chi connectivity index (χ4n) is 1.48. The van der Waals surface area contributed by atoms with E-state index in [0.29, 0.717) is 11.3 Å². The summed E-state index contributed by atoms with van der Waals surface area (Å²) < 4.78 is 27.8. The highest BCUT2D eigenvalue weighted by atomic mass is 32.2. The van der Waals surface area contributed by atoms with Crippen LogP contribution in [0.4, 0.5) is 5.69 Å². The predicted octanol–water partition coefficient (Wildman–Crippen LogP) is 0.545. The van der Waals surface area contributed by atoms with E-state index in [1.54, 1.807) is 32.0 Å². The van der Waals surface area contributed by atoms with Gasteiger partial charge in [-0.2, -0.15) is 13.1 Å². The second-order valence-electron chi connectivity index (χ2n) is 3.51. The Morgan fingerprint density at radius 3 is 2.65 bits per heavy atom. The molecule has 0 amide bonds. The molecule has 94 valence electrons. The maximum absolute atomic E-state index is 11.6. The van der Waals surface area contributed by atoms with E-state index in [-0.39, 0.29) is 12.4 Å². The summed E-state index contributed by atoms with van der Waals surface area (Å²) in [5, 5.41) is 7.45. The van der Waals surface area contributed by atoms with E-state index in [1.807, 2.05) is 0 Å². The predicted molar refractivity (Wildman–Crippen MR) is 68.4 cm³/mol. The molecule has 7 heteroatoms. The van der Waals surface area contributed by atoms with Crippen LogP contribution in [0.5, 0.6) is 0 Å². The number of anilines is 1. The van der Waals surface area contributed by atoms with E-state index in [9.17, 15) is 8.42 Å². The standard InChI is InChI=1S/C10H16N4O2S/c1-3-13-17(15,16)14-8-6-4-5-7(2)9(8)10(11)12/h4-6,13-14H,3H2,1-2H3,(H3,11,12). The Balaban J connectivity index is 3.16. The molecule has 17 heavy (non-hydrogen) atoms. The molecule has 0 fully saturated rings. The van der Waals surface area contributed by atoms with Gasteiger partial charge in [-0.15, -0.1) is 0 Å². The molecule has 0 bridgehead atoms. The van der Waals surface area contributed by atoms with Gasteiger partial charge >= 0.3 is 0 Å². The summed E-state index contributed by atoms with van der Waals surface area (Å²) >= 11 is 0. The van der Waals surface area contributed by atoms with Crippen molar-refractivity contribution in [2.45, 2.75) is 13.8 Å². The molecule has 5 N–H and O–H groups in total. The Hall–Kier alpha value is -1.60. The lowest BCUT2D eigenvalue weighted by Crippen LogP contribution is -2.31. The number of amidine groups is 1. The molecule has 0 aliphatic carbocycles. The maximum Gasteiger partial charge on any atom is 0.299 e. The number of nitrogens with one attached hydrogen (secondary N) is 3. The van der Waals surface area contributed by atoms with E-state index in [4.69, 9.17) is 11.1 Å². The van der Waals surface area contributed by atoms with Crippen LogP contribution in [0.3, 0.4) is 0 Å². The quantitative estimate of drug-likeness (QED) is 0.456. The van der Waals surface area contributed by atoms with Crippen LogP contribution in [0, 0.1) is 12.3 Å². The Kier molecular flexibility index (Phi) is 4.08. The summed E-state index contributed by atoms with van der Waals surface area (Å²) in [6, 6.07) is 5.03. The van der Waals surface area contributed by atoms with Gasteiger partial charge in [-0.25, -0.2) is 0 Å². The van der Waals surface area contributed by atoms with Gasteiger partial charge < -0.3 is 5.73 Å². The van der Waals surface area contributed by atoms with Crippen molar-refractivity contribution in [2.24, 2.45) is 5.73 Å². The number of nitrogens with two attached hydrogens (primary N) is 1.